The first-order valence-corrected chi connectivity index (χ1v) is 12.9. The van der Waals surface area contributed by atoms with Gasteiger partial charge in [0.2, 0.25) is 0 Å². The molecule has 3 aromatic carbocycles. The van der Waals surface area contributed by atoms with E-state index >= 15 is 0 Å². The molecule has 8 nitrogen and oxygen atoms in total. The summed E-state index contributed by atoms with van der Waals surface area (Å²) in [5.74, 6) is 0.535. The molecule has 0 saturated carbocycles. The number of hydrogen-bond acceptors (Lipinski definition) is 5. The molecular weight excluding hydrogens is 466 g/mol. The van der Waals surface area contributed by atoms with Crippen LogP contribution in [0.4, 0.5) is 10.5 Å². The van der Waals surface area contributed by atoms with Gasteiger partial charge in [0.25, 0.3) is 15.9 Å². The van der Waals surface area contributed by atoms with Gasteiger partial charge >= 0.3 is 6.03 Å². The summed E-state index contributed by atoms with van der Waals surface area (Å²) in [6.45, 7) is 2.91. The van der Waals surface area contributed by atoms with Crippen LogP contribution in [0, 0.1) is 0 Å². The summed E-state index contributed by atoms with van der Waals surface area (Å²) in [4.78, 5) is 27.3. The highest BCUT2D eigenvalue weighted by atomic mass is 32.2. The molecule has 2 aliphatic rings. The van der Waals surface area contributed by atoms with E-state index in [1.54, 1.807) is 41.3 Å². The van der Waals surface area contributed by atoms with Crippen LogP contribution in [-0.2, 0) is 16.4 Å². The van der Waals surface area contributed by atoms with Crippen LogP contribution in [0.25, 0.3) is 0 Å². The summed E-state index contributed by atoms with van der Waals surface area (Å²) < 4.78 is 32.9. The molecule has 1 saturated heterocycles. The molecule has 3 amide bonds. The van der Waals surface area contributed by atoms with Gasteiger partial charge in [-0.3, -0.25) is 4.79 Å². The zero-order chi connectivity index (χ0) is 24.6. The van der Waals surface area contributed by atoms with Crippen molar-refractivity contribution in [3.8, 4) is 5.75 Å². The Balaban J connectivity index is 1.36. The third-order valence-electron chi connectivity index (χ3n) is 6.27. The van der Waals surface area contributed by atoms with E-state index in [0.29, 0.717) is 36.6 Å². The van der Waals surface area contributed by atoms with Gasteiger partial charge in [-0.15, -0.1) is 0 Å². The minimum atomic E-state index is -4.05. The SMILES string of the molecule is CCOc1ccc(C(=O)N2CCc3cc(S(=O)(=O)N4CC(c5ccccc5)NC4=O)ccc32)cc1. The summed E-state index contributed by atoms with van der Waals surface area (Å²) in [6.07, 6.45) is 0.528. The Morgan fingerprint density at radius 2 is 1.80 bits per heavy atom. The molecule has 180 valence electrons. The lowest BCUT2D eigenvalue weighted by atomic mass is 10.1. The minimum absolute atomic E-state index is 0.0185. The molecule has 9 heteroatoms. The number of nitrogens with zero attached hydrogens (tertiary/aromatic N) is 2. The summed E-state index contributed by atoms with van der Waals surface area (Å²) >= 11 is 0. The van der Waals surface area contributed by atoms with E-state index in [1.807, 2.05) is 37.3 Å². The number of benzene rings is 3. The maximum absolute atomic E-state index is 13.3. The Kier molecular flexibility index (Phi) is 5.94. The number of ether oxygens (including phenoxy) is 1. The van der Waals surface area contributed by atoms with E-state index in [-0.39, 0.29) is 17.3 Å². The number of fused-ring (bicyclic) bond motifs is 1. The third kappa shape index (κ3) is 4.23. The van der Waals surface area contributed by atoms with Crippen molar-refractivity contribution in [1.29, 1.82) is 0 Å². The molecule has 1 N–H and O–H groups in total. The maximum Gasteiger partial charge on any atom is 0.331 e. The van der Waals surface area contributed by atoms with Crippen molar-refractivity contribution < 1.29 is 22.7 Å². The number of nitrogens with one attached hydrogen (secondary N) is 1. The fourth-order valence-corrected chi connectivity index (χ4v) is 5.89. The number of amides is 3. The van der Waals surface area contributed by atoms with Crippen LogP contribution in [0.2, 0.25) is 0 Å². The first kappa shape index (κ1) is 22.9. The Morgan fingerprint density at radius 1 is 1.06 bits per heavy atom. The van der Waals surface area contributed by atoms with Gasteiger partial charge in [0.1, 0.15) is 5.75 Å². The summed E-state index contributed by atoms with van der Waals surface area (Å²) in [7, 11) is -4.05. The smallest absolute Gasteiger partial charge is 0.331 e. The van der Waals surface area contributed by atoms with Crippen LogP contribution >= 0.6 is 0 Å². The number of sulfonamides is 1. The third-order valence-corrected chi connectivity index (χ3v) is 8.01. The second kappa shape index (κ2) is 9.07. The van der Waals surface area contributed by atoms with Crippen LogP contribution in [0.1, 0.15) is 34.5 Å². The zero-order valence-corrected chi connectivity index (χ0v) is 20.0. The molecule has 1 fully saturated rings. The highest BCUT2D eigenvalue weighted by Crippen LogP contribution is 2.33. The number of rotatable bonds is 6. The second-order valence-corrected chi connectivity index (χ2v) is 10.3. The van der Waals surface area contributed by atoms with Crippen molar-refractivity contribution in [2.75, 3.05) is 24.6 Å². The maximum atomic E-state index is 13.3. The molecule has 2 heterocycles. The van der Waals surface area contributed by atoms with Crippen molar-refractivity contribution >= 4 is 27.6 Å². The first-order valence-electron chi connectivity index (χ1n) is 11.4. The fourth-order valence-electron chi connectivity index (χ4n) is 4.49. The Labute approximate surface area is 204 Å². The number of anilines is 1. The van der Waals surface area contributed by atoms with Gasteiger partial charge in [0.05, 0.1) is 24.1 Å². The largest absolute Gasteiger partial charge is 0.494 e. The zero-order valence-electron chi connectivity index (χ0n) is 19.2. The van der Waals surface area contributed by atoms with Crippen molar-refractivity contribution in [2.45, 2.75) is 24.3 Å². The van der Waals surface area contributed by atoms with E-state index < -0.39 is 22.1 Å². The predicted octanol–water partition coefficient (Wildman–Crippen LogP) is 3.74. The van der Waals surface area contributed by atoms with E-state index in [1.165, 1.54) is 6.07 Å². The Bertz CT molecular complexity index is 1370. The number of urea groups is 1. The Hall–Kier alpha value is -3.85. The summed E-state index contributed by atoms with van der Waals surface area (Å²) in [5, 5.41) is 2.75. The normalized spacial score (nSPS) is 17.3. The van der Waals surface area contributed by atoms with Gasteiger partial charge in [-0.25, -0.2) is 17.5 Å². The Morgan fingerprint density at radius 3 is 2.51 bits per heavy atom. The first-order chi connectivity index (χ1) is 16.9. The van der Waals surface area contributed by atoms with E-state index in [0.717, 1.165) is 15.4 Å². The quantitative estimate of drug-likeness (QED) is 0.567. The van der Waals surface area contributed by atoms with Crippen molar-refractivity contribution in [1.82, 2.24) is 9.62 Å². The van der Waals surface area contributed by atoms with Crippen LogP contribution < -0.4 is 15.0 Å². The van der Waals surface area contributed by atoms with Crippen molar-refractivity contribution in [3.63, 3.8) is 0 Å². The molecule has 2 aliphatic heterocycles. The molecule has 0 aromatic heterocycles. The molecule has 1 unspecified atom stereocenters. The fraction of sp³-hybridized carbons (Fsp3) is 0.231. The minimum Gasteiger partial charge on any atom is -0.494 e. The molecule has 5 rings (SSSR count). The monoisotopic (exact) mass is 491 g/mol. The van der Waals surface area contributed by atoms with E-state index in [2.05, 4.69) is 5.32 Å². The van der Waals surface area contributed by atoms with Gasteiger partial charge in [-0.1, -0.05) is 30.3 Å². The molecule has 0 aliphatic carbocycles. The highest BCUT2D eigenvalue weighted by Gasteiger charge is 2.39. The lowest BCUT2D eigenvalue weighted by Gasteiger charge is -2.19. The average Bonchev–Trinajstić information content (AvgIpc) is 3.48. The lowest BCUT2D eigenvalue weighted by molar-refractivity contribution is 0.0989. The molecule has 0 radical (unpaired) electrons. The predicted molar refractivity (Wildman–Crippen MR) is 131 cm³/mol. The van der Waals surface area contributed by atoms with Gasteiger partial charge in [0, 0.05) is 17.8 Å². The van der Waals surface area contributed by atoms with Gasteiger partial charge in [0.15, 0.2) is 0 Å². The van der Waals surface area contributed by atoms with Crippen molar-refractivity contribution in [2.24, 2.45) is 0 Å². The molecular formula is C26H25N3O5S. The average molecular weight is 492 g/mol. The van der Waals surface area contributed by atoms with Crippen LogP contribution in [0.3, 0.4) is 0 Å². The van der Waals surface area contributed by atoms with Crippen molar-refractivity contribution in [3.05, 3.63) is 89.5 Å². The topological polar surface area (TPSA) is 96.0 Å². The van der Waals surface area contributed by atoms with E-state index in [4.69, 9.17) is 4.74 Å². The molecule has 0 bridgehead atoms. The molecule has 0 spiro atoms. The molecule has 35 heavy (non-hydrogen) atoms. The molecule has 1 atom stereocenters. The second-order valence-electron chi connectivity index (χ2n) is 8.40. The van der Waals surface area contributed by atoms with Crippen LogP contribution in [0.5, 0.6) is 5.75 Å². The lowest BCUT2D eigenvalue weighted by Crippen LogP contribution is -2.34. The highest BCUT2D eigenvalue weighted by molar-refractivity contribution is 7.89. The van der Waals surface area contributed by atoms with Gasteiger partial charge in [-0.2, -0.15) is 0 Å². The van der Waals surface area contributed by atoms with E-state index in [9.17, 15) is 18.0 Å². The summed E-state index contributed by atoms with van der Waals surface area (Å²) in [6, 6.07) is 19.8. The van der Waals surface area contributed by atoms with Gasteiger partial charge < -0.3 is 15.0 Å². The summed E-state index contributed by atoms with van der Waals surface area (Å²) in [5.41, 5.74) is 2.80. The number of carbonyl (C=O) groups excluding carboxylic acids is 2. The van der Waals surface area contributed by atoms with Gasteiger partial charge in [-0.05, 0) is 66.9 Å². The van der Waals surface area contributed by atoms with Crippen LogP contribution in [-0.4, -0.2) is 44.4 Å². The number of hydrogen-bond donors (Lipinski definition) is 1. The van der Waals surface area contributed by atoms with Crippen LogP contribution in [0.15, 0.2) is 77.7 Å². The standard InChI is InChI=1S/C26H25N3O5S/c1-2-34-21-10-8-19(9-11-21)25(30)28-15-14-20-16-22(12-13-24(20)28)35(32,33)29-17-23(27-26(29)31)18-6-4-3-5-7-18/h3-13,16,23H,2,14-15,17H2,1H3,(H,27,31). The molecule has 3 aromatic rings. The number of carbonyl (C=O) groups is 2.